The Bertz CT molecular complexity index is 477. The molecule has 1 unspecified atom stereocenters. The number of nitro groups is 1. The Morgan fingerprint density at radius 2 is 1.90 bits per heavy atom. The zero-order valence-electron chi connectivity index (χ0n) is 12.1. The molecule has 0 aliphatic carbocycles. The number of hydrogen-bond acceptors (Lipinski definition) is 4. The topological polar surface area (TPSA) is 98.3 Å². The van der Waals surface area contributed by atoms with Crippen LogP contribution in [-0.2, 0) is 11.2 Å². The van der Waals surface area contributed by atoms with Crippen LogP contribution in [0.4, 0.5) is 5.69 Å². The van der Waals surface area contributed by atoms with Crippen LogP contribution >= 0.6 is 0 Å². The van der Waals surface area contributed by atoms with Crippen LogP contribution in [0.5, 0.6) is 0 Å². The molecule has 0 bridgehead atoms. The first kappa shape index (κ1) is 16.1. The van der Waals surface area contributed by atoms with Gasteiger partial charge in [0.2, 0.25) is 5.91 Å². The molecule has 1 amide bonds. The fourth-order valence-electron chi connectivity index (χ4n) is 1.62. The average Bonchev–Trinajstić information content (AvgIpc) is 2.37. The molecule has 0 saturated carbocycles. The lowest BCUT2D eigenvalue weighted by molar-refractivity contribution is -0.384. The maximum absolute atomic E-state index is 11.8. The van der Waals surface area contributed by atoms with Crippen molar-refractivity contribution in [3.63, 3.8) is 0 Å². The average molecular weight is 279 g/mol. The van der Waals surface area contributed by atoms with Gasteiger partial charge in [-0.25, -0.2) is 0 Å². The number of benzene rings is 1. The summed E-state index contributed by atoms with van der Waals surface area (Å²) in [4.78, 5) is 21.9. The van der Waals surface area contributed by atoms with E-state index in [1.807, 2.05) is 20.8 Å². The Hall–Kier alpha value is -1.95. The van der Waals surface area contributed by atoms with Crippen LogP contribution in [0.15, 0.2) is 24.3 Å². The highest BCUT2D eigenvalue weighted by Crippen LogP contribution is 2.17. The van der Waals surface area contributed by atoms with Crippen molar-refractivity contribution in [3.05, 3.63) is 39.9 Å². The molecule has 0 spiro atoms. The van der Waals surface area contributed by atoms with Crippen LogP contribution in [0, 0.1) is 15.5 Å². The molecule has 6 nitrogen and oxygen atoms in total. The summed E-state index contributed by atoms with van der Waals surface area (Å²) in [6.07, 6.45) is 0.612. The fourth-order valence-corrected chi connectivity index (χ4v) is 1.62. The molecule has 0 heterocycles. The summed E-state index contributed by atoms with van der Waals surface area (Å²) in [6.45, 7) is 6.19. The number of amides is 1. The van der Waals surface area contributed by atoms with E-state index in [1.54, 1.807) is 12.1 Å². The van der Waals surface area contributed by atoms with Gasteiger partial charge in [0.15, 0.2) is 0 Å². The molecule has 0 saturated heterocycles. The fraction of sp³-hybridized carbons (Fsp3) is 0.500. The summed E-state index contributed by atoms with van der Waals surface area (Å²) < 4.78 is 0. The Kier molecular flexibility index (Phi) is 5.21. The van der Waals surface area contributed by atoms with Gasteiger partial charge < -0.3 is 11.1 Å². The number of carbonyl (C=O) groups is 1. The van der Waals surface area contributed by atoms with Crippen molar-refractivity contribution in [2.75, 3.05) is 6.54 Å². The first-order chi connectivity index (χ1) is 9.21. The highest BCUT2D eigenvalue weighted by atomic mass is 16.6. The molecular weight excluding hydrogens is 258 g/mol. The summed E-state index contributed by atoms with van der Waals surface area (Å²) in [5.74, 6) is -0.181. The summed E-state index contributed by atoms with van der Waals surface area (Å²) in [5.41, 5.74) is 6.55. The molecule has 1 atom stereocenters. The van der Waals surface area contributed by atoms with Gasteiger partial charge in [0.25, 0.3) is 5.69 Å². The number of non-ortho nitro benzene ring substituents is 1. The largest absolute Gasteiger partial charge is 0.354 e. The third-order valence-electron chi connectivity index (χ3n) is 3.08. The van der Waals surface area contributed by atoms with Crippen LogP contribution in [-0.4, -0.2) is 23.4 Å². The van der Waals surface area contributed by atoms with E-state index in [9.17, 15) is 14.9 Å². The van der Waals surface area contributed by atoms with Crippen molar-refractivity contribution in [3.8, 4) is 0 Å². The molecule has 0 aromatic heterocycles. The number of carbonyl (C=O) groups excluding carboxylic acids is 1. The molecule has 1 rings (SSSR count). The van der Waals surface area contributed by atoms with E-state index in [0.29, 0.717) is 13.0 Å². The quantitative estimate of drug-likeness (QED) is 0.632. The van der Waals surface area contributed by atoms with E-state index in [1.165, 1.54) is 12.1 Å². The summed E-state index contributed by atoms with van der Waals surface area (Å²) in [6, 6.07) is 5.73. The van der Waals surface area contributed by atoms with Crippen LogP contribution in [0.1, 0.15) is 26.3 Å². The van der Waals surface area contributed by atoms with Crippen LogP contribution in [0.2, 0.25) is 0 Å². The number of nitro benzene ring substituents is 1. The second-order valence-electron chi connectivity index (χ2n) is 5.81. The molecule has 6 heteroatoms. The first-order valence-corrected chi connectivity index (χ1v) is 6.48. The van der Waals surface area contributed by atoms with E-state index >= 15 is 0 Å². The van der Waals surface area contributed by atoms with Crippen molar-refractivity contribution in [2.45, 2.75) is 33.2 Å². The molecule has 0 aliphatic heterocycles. The van der Waals surface area contributed by atoms with Gasteiger partial charge in [-0.2, -0.15) is 0 Å². The highest BCUT2D eigenvalue weighted by molar-refractivity contribution is 5.82. The molecular formula is C14H21N3O3. The monoisotopic (exact) mass is 279 g/mol. The zero-order chi connectivity index (χ0) is 15.3. The molecule has 20 heavy (non-hydrogen) atoms. The minimum Gasteiger partial charge on any atom is -0.354 e. The summed E-state index contributed by atoms with van der Waals surface area (Å²) in [5, 5.41) is 13.3. The lowest BCUT2D eigenvalue weighted by Crippen LogP contribution is -2.48. The Labute approximate surface area is 118 Å². The third-order valence-corrected chi connectivity index (χ3v) is 3.08. The van der Waals surface area contributed by atoms with Gasteiger partial charge >= 0.3 is 0 Å². The third kappa shape index (κ3) is 4.62. The van der Waals surface area contributed by atoms with Gasteiger partial charge in [-0.05, 0) is 17.4 Å². The molecule has 0 radical (unpaired) electrons. The standard InChI is InChI=1S/C14H21N3O3/c1-14(2,3)12(15)13(18)16-9-8-10-4-6-11(7-5-10)17(19)20/h4-7,12H,8-9,15H2,1-3H3,(H,16,18). The minimum absolute atomic E-state index is 0.0625. The predicted molar refractivity (Wildman–Crippen MR) is 77.2 cm³/mol. The van der Waals surface area contributed by atoms with E-state index in [-0.39, 0.29) is 17.0 Å². The highest BCUT2D eigenvalue weighted by Gasteiger charge is 2.26. The van der Waals surface area contributed by atoms with Gasteiger partial charge in [-0.1, -0.05) is 32.9 Å². The second-order valence-corrected chi connectivity index (χ2v) is 5.81. The van der Waals surface area contributed by atoms with Crippen LogP contribution in [0.25, 0.3) is 0 Å². The van der Waals surface area contributed by atoms with E-state index in [4.69, 9.17) is 5.73 Å². The SMILES string of the molecule is CC(C)(C)C(N)C(=O)NCCc1ccc([N+](=O)[O-])cc1. The number of nitrogens with two attached hydrogens (primary N) is 1. The zero-order valence-corrected chi connectivity index (χ0v) is 12.1. The van der Waals surface area contributed by atoms with Crippen molar-refractivity contribution in [1.82, 2.24) is 5.32 Å². The second kappa shape index (κ2) is 6.47. The molecule has 3 N–H and O–H groups in total. The van der Waals surface area contributed by atoms with Crippen molar-refractivity contribution >= 4 is 11.6 Å². The van der Waals surface area contributed by atoms with E-state index in [2.05, 4.69) is 5.32 Å². The van der Waals surface area contributed by atoms with E-state index < -0.39 is 11.0 Å². The van der Waals surface area contributed by atoms with Gasteiger partial charge in [0, 0.05) is 18.7 Å². The molecule has 0 fully saturated rings. The molecule has 1 aromatic rings. The maximum atomic E-state index is 11.8. The van der Waals surface area contributed by atoms with Crippen molar-refractivity contribution < 1.29 is 9.72 Å². The molecule has 110 valence electrons. The smallest absolute Gasteiger partial charge is 0.269 e. The maximum Gasteiger partial charge on any atom is 0.269 e. The Morgan fingerprint density at radius 3 is 2.35 bits per heavy atom. The van der Waals surface area contributed by atoms with Crippen LogP contribution in [0.3, 0.4) is 0 Å². The Balaban J connectivity index is 2.45. The van der Waals surface area contributed by atoms with E-state index in [0.717, 1.165) is 5.56 Å². The number of hydrogen-bond donors (Lipinski definition) is 2. The van der Waals surface area contributed by atoms with Gasteiger partial charge in [0.05, 0.1) is 11.0 Å². The number of rotatable bonds is 5. The van der Waals surface area contributed by atoms with Crippen LogP contribution < -0.4 is 11.1 Å². The van der Waals surface area contributed by atoms with Gasteiger partial charge in [-0.3, -0.25) is 14.9 Å². The Morgan fingerprint density at radius 1 is 1.35 bits per heavy atom. The van der Waals surface area contributed by atoms with Gasteiger partial charge in [-0.15, -0.1) is 0 Å². The van der Waals surface area contributed by atoms with Gasteiger partial charge in [0.1, 0.15) is 0 Å². The number of nitrogens with zero attached hydrogens (tertiary/aromatic N) is 1. The molecule has 0 aliphatic rings. The normalized spacial score (nSPS) is 12.8. The van der Waals surface area contributed by atoms with Crippen molar-refractivity contribution in [1.29, 1.82) is 0 Å². The van der Waals surface area contributed by atoms with Crippen molar-refractivity contribution in [2.24, 2.45) is 11.1 Å². The number of nitrogens with one attached hydrogen (secondary N) is 1. The molecule has 1 aromatic carbocycles. The lowest BCUT2D eigenvalue weighted by atomic mass is 9.87. The lowest BCUT2D eigenvalue weighted by Gasteiger charge is -2.25. The first-order valence-electron chi connectivity index (χ1n) is 6.48. The minimum atomic E-state index is -0.556. The predicted octanol–water partition coefficient (Wildman–Crippen LogP) is 1.63. The summed E-state index contributed by atoms with van der Waals surface area (Å²) in [7, 11) is 0. The summed E-state index contributed by atoms with van der Waals surface area (Å²) >= 11 is 0.